The Morgan fingerprint density at radius 2 is 2.24 bits per heavy atom. The second-order valence-electron chi connectivity index (χ2n) is 4.23. The summed E-state index contributed by atoms with van der Waals surface area (Å²) in [5, 5.41) is 10.5. The average Bonchev–Trinajstić information content (AvgIpc) is 2.94. The second kappa shape index (κ2) is 7.75. The molecule has 3 N–H and O–H groups in total. The molecule has 1 heterocycles. The van der Waals surface area contributed by atoms with Crippen molar-refractivity contribution in [2.75, 3.05) is 12.3 Å². The summed E-state index contributed by atoms with van der Waals surface area (Å²) in [5.41, 5.74) is 5.85. The lowest BCUT2D eigenvalue weighted by molar-refractivity contribution is -0.119. The first-order chi connectivity index (χ1) is 10.2. The molecule has 0 aliphatic carbocycles. The largest absolute Gasteiger partial charge is 0.349 e. The summed E-state index contributed by atoms with van der Waals surface area (Å²) in [5.74, 6) is 0.227. The molecule has 0 saturated heterocycles. The summed E-state index contributed by atoms with van der Waals surface area (Å²) in [6.07, 6.45) is 1.75. The van der Waals surface area contributed by atoms with Gasteiger partial charge in [0, 0.05) is 10.6 Å². The molecule has 0 atom stereocenters. The van der Waals surface area contributed by atoms with Crippen LogP contribution in [-0.2, 0) is 17.9 Å². The van der Waals surface area contributed by atoms with Crippen molar-refractivity contribution in [2.45, 2.75) is 18.0 Å². The van der Waals surface area contributed by atoms with Crippen molar-refractivity contribution in [1.82, 2.24) is 20.3 Å². The summed E-state index contributed by atoms with van der Waals surface area (Å²) in [6, 6.07) is 6.66. The molecule has 0 spiro atoms. The zero-order valence-corrected chi connectivity index (χ0v) is 12.1. The maximum atomic E-state index is 13.4. The molecule has 0 saturated carbocycles. The monoisotopic (exact) mass is 309 g/mol. The lowest BCUT2D eigenvalue weighted by Crippen LogP contribution is -2.29. The highest BCUT2D eigenvalue weighted by Gasteiger charge is 2.04. The Bertz CT molecular complexity index is 604. The zero-order chi connectivity index (χ0) is 15.1. The number of benzene rings is 1. The number of carbonyl (C=O) groups excluding carboxylic acids is 1. The third-order valence-corrected chi connectivity index (χ3v) is 3.68. The van der Waals surface area contributed by atoms with E-state index >= 15 is 0 Å². The highest BCUT2D eigenvalue weighted by atomic mass is 32.2. The second-order valence-corrected chi connectivity index (χ2v) is 5.37. The first kappa shape index (κ1) is 15.5. The predicted octanol–water partition coefficient (Wildman–Crippen LogP) is 0.784. The van der Waals surface area contributed by atoms with Gasteiger partial charge in [-0.25, -0.2) is 4.39 Å². The van der Waals surface area contributed by atoms with E-state index in [9.17, 15) is 9.18 Å². The highest BCUT2D eigenvalue weighted by Crippen LogP contribution is 2.21. The molecule has 0 aliphatic rings. The minimum Gasteiger partial charge on any atom is -0.349 e. The van der Waals surface area contributed by atoms with Crippen LogP contribution < -0.4 is 11.1 Å². The third kappa shape index (κ3) is 4.83. The van der Waals surface area contributed by atoms with Crippen LogP contribution in [0.4, 0.5) is 4.39 Å². The van der Waals surface area contributed by atoms with Gasteiger partial charge in [0.05, 0.1) is 25.8 Å². The topological polar surface area (TPSA) is 85.8 Å². The minimum absolute atomic E-state index is 0.0482. The summed E-state index contributed by atoms with van der Waals surface area (Å²) in [7, 11) is 0. The van der Waals surface area contributed by atoms with Gasteiger partial charge in [-0.1, -0.05) is 17.3 Å². The van der Waals surface area contributed by atoms with E-state index in [0.717, 1.165) is 0 Å². The molecule has 0 fully saturated rings. The van der Waals surface area contributed by atoms with Gasteiger partial charge in [0.15, 0.2) is 0 Å². The van der Waals surface area contributed by atoms with Crippen molar-refractivity contribution in [3.63, 3.8) is 0 Å². The highest BCUT2D eigenvalue weighted by molar-refractivity contribution is 7.99. The number of hydrogen-bond donors (Lipinski definition) is 2. The fourth-order valence-corrected chi connectivity index (χ4v) is 2.48. The number of aryl methyl sites for hydroxylation is 1. The molecular formula is C13H16FN5OS. The average molecular weight is 309 g/mol. The number of amides is 1. The number of aromatic nitrogens is 3. The van der Waals surface area contributed by atoms with Gasteiger partial charge in [0.25, 0.3) is 0 Å². The Morgan fingerprint density at radius 1 is 1.43 bits per heavy atom. The number of nitrogens with one attached hydrogen (secondary N) is 1. The van der Waals surface area contributed by atoms with Gasteiger partial charge in [0.2, 0.25) is 5.91 Å². The Morgan fingerprint density at radius 3 is 3.00 bits per heavy atom. The molecule has 8 heteroatoms. The molecule has 2 aromatic rings. The predicted molar refractivity (Wildman–Crippen MR) is 78.0 cm³/mol. The smallest absolute Gasteiger partial charge is 0.234 e. The Kier molecular flexibility index (Phi) is 5.70. The van der Waals surface area contributed by atoms with Crippen LogP contribution in [0.3, 0.4) is 0 Å². The van der Waals surface area contributed by atoms with E-state index in [4.69, 9.17) is 5.73 Å². The maximum absolute atomic E-state index is 13.4. The maximum Gasteiger partial charge on any atom is 0.234 e. The van der Waals surface area contributed by atoms with Crippen molar-refractivity contribution in [3.05, 3.63) is 42.0 Å². The van der Waals surface area contributed by atoms with E-state index in [1.807, 2.05) is 0 Å². The zero-order valence-electron chi connectivity index (χ0n) is 11.3. The standard InChI is InChI=1S/C13H16FN5OS/c14-11-3-1-2-4-12(11)21-6-5-19-9-10(17-18-19)8-16-13(20)7-15/h1-4,9H,5-8,15H2,(H,16,20). The molecule has 0 aliphatic heterocycles. The molecule has 0 radical (unpaired) electrons. The number of nitrogens with two attached hydrogens (primary N) is 1. The number of carbonyl (C=O) groups is 1. The van der Waals surface area contributed by atoms with Gasteiger partial charge >= 0.3 is 0 Å². The molecule has 2 rings (SSSR count). The lowest BCUT2D eigenvalue weighted by Gasteiger charge is -2.02. The number of nitrogens with zero attached hydrogens (tertiary/aromatic N) is 3. The molecular weight excluding hydrogens is 293 g/mol. The van der Waals surface area contributed by atoms with Crippen molar-refractivity contribution < 1.29 is 9.18 Å². The van der Waals surface area contributed by atoms with Gasteiger partial charge in [-0.15, -0.1) is 16.9 Å². The van der Waals surface area contributed by atoms with Crippen LogP contribution in [-0.4, -0.2) is 33.2 Å². The van der Waals surface area contributed by atoms with Crippen molar-refractivity contribution in [2.24, 2.45) is 5.73 Å². The lowest BCUT2D eigenvalue weighted by atomic mass is 10.3. The van der Waals surface area contributed by atoms with Gasteiger partial charge in [-0.05, 0) is 12.1 Å². The van der Waals surface area contributed by atoms with Crippen LogP contribution in [0.1, 0.15) is 5.69 Å². The van der Waals surface area contributed by atoms with Gasteiger partial charge in [-0.2, -0.15) is 0 Å². The molecule has 0 bridgehead atoms. The molecule has 6 nitrogen and oxygen atoms in total. The normalized spacial score (nSPS) is 10.6. The number of rotatable bonds is 7. The van der Waals surface area contributed by atoms with E-state index < -0.39 is 0 Å². The third-order valence-electron chi connectivity index (χ3n) is 2.65. The van der Waals surface area contributed by atoms with Crippen LogP contribution in [0.15, 0.2) is 35.4 Å². The number of thioether (sulfide) groups is 1. The molecule has 21 heavy (non-hydrogen) atoms. The summed E-state index contributed by atoms with van der Waals surface area (Å²) in [6.45, 7) is 0.862. The van der Waals surface area contributed by atoms with Crippen LogP contribution >= 0.6 is 11.8 Å². The van der Waals surface area contributed by atoms with E-state index in [-0.39, 0.29) is 18.3 Å². The van der Waals surface area contributed by atoms with Crippen LogP contribution in [0.25, 0.3) is 0 Å². The van der Waals surface area contributed by atoms with Crippen LogP contribution in [0, 0.1) is 5.82 Å². The number of hydrogen-bond acceptors (Lipinski definition) is 5. The van der Waals surface area contributed by atoms with E-state index in [0.29, 0.717) is 29.4 Å². The Balaban J connectivity index is 1.78. The molecule has 112 valence electrons. The number of halogens is 1. The molecule has 1 aromatic heterocycles. The summed E-state index contributed by atoms with van der Waals surface area (Å²) >= 11 is 1.42. The van der Waals surface area contributed by atoms with Gasteiger partial charge < -0.3 is 11.1 Å². The SMILES string of the molecule is NCC(=O)NCc1cn(CCSc2ccccc2F)nn1. The Labute approximate surface area is 125 Å². The molecule has 1 aromatic carbocycles. The van der Waals surface area contributed by atoms with Gasteiger partial charge in [-0.3, -0.25) is 9.48 Å². The van der Waals surface area contributed by atoms with E-state index in [1.54, 1.807) is 29.1 Å². The van der Waals surface area contributed by atoms with Crippen LogP contribution in [0.5, 0.6) is 0 Å². The van der Waals surface area contributed by atoms with Crippen LogP contribution in [0.2, 0.25) is 0 Å². The fraction of sp³-hybridized carbons (Fsp3) is 0.308. The van der Waals surface area contributed by atoms with Crippen molar-refractivity contribution in [1.29, 1.82) is 0 Å². The van der Waals surface area contributed by atoms with Gasteiger partial charge in [0.1, 0.15) is 11.5 Å². The molecule has 0 unspecified atom stereocenters. The summed E-state index contributed by atoms with van der Waals surface area (Å²) in [4.78, 5) is 11.6. The van der Waals surface area contributed by atoms with Crippen molar-refractivity contribution in [3.8, 4) is 0 Å². The fourth-order valence-electron chi connectivity index (χ4n) is 1.60. The first-order valence-electron chi connectivity index (χ1n) is 6.42. The molecule has 1 amide bonds. The Hall–Kier alpha value is -1.93. The van der Waals surface area contributed by atoms with E-state index in [1.165, 1.54) is 17.8 Å². The summed E-state index contributed by atoms with van der Waals surface area (Å²) < 4.78 is 15.1. The first-order valence-corrected chi connectivity index (χ1v) is 7.40. The van der Waals surface area contributed by atoms with Crippen molar-refractivity contribution >= 4 is 17.7 Å². The minimum atomic E-state index is -0.236. The quantitative estimate of drug-likeness (QED) is 0.738. The van der Waals surface area contributed by atoms with E-state index in [2.05, 4.69) is 15.6 Å².